The van der Waals surface area contributed by atoms with Crippen molar-refractivity contribution in [2.45, 2.75) is 47.6 Å². The van der Waals surface area contributed by atoms with Gasteiger partial charge in [0.25, 0.3) is 0 Å². The van der Waals surface area contributed by atoms with Gasteiger partial charge in [0, 0.05) is 37.4 Å². The zero-order chi connectivity index (χ0) is 21.7. The van der Waals surface area contributed by atoms with Crippen LogP contribution in [0.5, 0.6) is 0 Å². The highest BCUT2D eigenvalue weighted by molar-refractivity contribution is 5.87. The van der Waals surface area contributed by atoms with E-state index in [1.165, 1.54) is 5.69 Å². The summed E-state index contributed by atoms with van der Waals surface area (Å²) in [5.74, 6) is 0.933. The number of fused-ring (bicyclic) bond motifs is 1. The second kappa shape index (κ2) is 9.65. The Morgan fingerprint density at radius 2 is 1.77 bits per heavy atom. The van der Waals surface area contributed by atoms with Gasteiger partial charge in [-0.1, -0.05) is 12.1 Å². The fourth-order valence-corrected chi connectivity index (χ4v) is 3.95. The number of hydrogen-bond donors (Lipinski definition) is 1. The maximum atomic E-state index is 12.4. The highest BCUT2D eigenvalue weighted by Crippen LogP contribution is 2.27. The highest BCUT2D eigenvalue weighted by atomic mass is 16.5. The van der Waals surface area contributed by atoms with Gasteiger partial charge in [0.1, 0.15) is 12.4 Å². The monoisotopic (exact) mass is 408 g/mol. The van der Waals surface area contributed by atoms with Crippen molar-refractivity contribution in [2.24, 2.45) is 0 Å². The van der Waals surface area contributed by atoms with Crippen molar-refractivity contribution in [3.63, 3.8) is 0 Å². The molecule has 1 aromatic heterocycles. The van der Waals surface area contributed by atoms with Crippen molar-refractivity contribution in [2.75, 3.05) is 29.9 Å². The molecule has 2 aromatic carbocycles. The standard InChI is InChI=1S/C24H32N4O2/c1-6-27(7-2)19-15-17(4)23(18(5)16-19)26-24(29)30-14-13-22-25-20-11-9-10-12-21(20)28(22)8-3/h9-12,15-16H,6-8,13-14H2,1-5H3,(H,26,29). The second-order valence-corrected chi connectivity index (χ2v) is 7.40. The van der Waals surface area contributed by atoms with E-state index in [2.05, 4.69) is 58.7 Å². The first kappa shape index (κ1) is 21.7. The summed E-state index contributed by atoms with van der Waals surface area (Å²) in [5, 5.41) is 2.92. The van der Waals surface area contributed by atoms with E-state index < -0.39 is 6.09 Å². The number of imidazole rings is 1. The molecule has 160 valence electrons. The number of anilines is 2. The Labute approximate surface area is 178 Å². The number of aromatic nitrogens is 2. The number of nitrogens with one attached hydrogen (secondary N) is 1. The van der Waals surface area contributed by atoms with Gasteiger partial charge in [-0.15, -0.1) is 0 Å². The average Bonchev–Trinajstić information content (AvgIpc) is 3.09. The van der Waals surface area contributed by atoms with Gasteiger partial charge in [-0.3, -0.25) is 5.32 Å². The summed E-state index contributed by atoms with van der Waals surface area (Å²) in [6, 6.07) is 12.3. The zero-order valence-corrected chi connectivity index (χ0v) is 18.7. The van der Waals surface area contributed by atoms with Gasteiger partial charge in [-0.25, -0.2) is 9.78 Å². The first-order valence-electron chi connectivity index (χ1n) is 10.7. The molecular formula is C24H32N4O2. The van der Waals surface area contributed by atoms with Crippen molar-refractivity contribution in [1.29, 1.82) is 0 Å². The average molecular weight is 409 g/mol. The van der Waals surface area contributed by atoms with E-state index in [0.717, 1.165) is 53.3 Å². The number of hydrogen-bond acceptors (Lipinski definition) is 4. The Bertz CT molecular complexity index is 998. The molecule has 1 N–H and O–H groups in total. The minimum absolute atomic E-state index is 0.283. The van der Waals surface area contributed by atoms with Crippen LogP contribution in [0.4, 0.5) is 16.2 Å². The van der Waals surface area contributed by atoms with Gasteiger partial charge in [0.05, 0.1) is 11.0 Å². The molecule has 0 bridgehead atoms. The topological polar surface area (TPSA) is 59.4 Å². The van der Waals surface area contributed by atoms with Crippen LogP contribution < -0.4 is 10.2 Å². The fraction of sp³-hybridized carbons (Fsp3) is 0.417. The van der Waals surface area contributed by atoms with Crippen LogP contribution in [0, 0.1) is 13.8 Å². The SMILES string of the molecule is CCN(CC)c1cc(C)c(NC(=O)OCCc2nc3ccccc3n2CC)c(C)c1. The third-order valence-electron chi connectivity index (χ3n) is 5.48. The molecule has 0 atom stereocenters. The maximum absolute atomic E-state index is 12.4. The number of rotatable bonds is 8. The molecule has 0 aliphatic carbocycles. The van der Waals surface area contributed by atoms with E-state index in [-0.39, 0.29) is 6.61 Å². The molecule has 0 spiro atoms. The molecule has 0 radical (unpaired) electrons. The maximum Gasteiger partial charge on any atom is 0.411 e. The summed E-state index contributed by atoms with van der Waals surface area (Å²) in [6.45, 7) is 13.4. The Morgan fingerprint density at radius 1 is 1.10 bits per heavy atom. The predicted molar refractivity (Wildman–Crippen MR) is 124 cm³/mol. The number of para-hydroxylation sites is 2. The number of aryl methyl sites for hydroxylation is 3. The number of amides is 1. The van der Waals surface area contributed by atoms with Crippen LogP contribution in [-0.2, 0) is 17.7 Å². The van der Waals surface area contributed by atoms with E-state index in [1.807, 2.05) is 32.0 Å². The second-order valence-electron chi connectivity index (χ2n) is 7.40. The molecule has 0 fully saturated rings. The van der Waals surface area contributed by atoms with E-state index in [9.17, 15) is 4.79 Å². The molecule has 6 nitrogen and oxygen atoms in total. The van der Waals surface area contributed by atoms with Crippen LogP contribution in [0.3, 0.4) is 0 Å². The van der Waals surface area contributed by atoms with Crippen molar-refractivity contribution in [1.82, 2.24) is 9.55 Å². The Morgan fingerprint density at radius 3 is 2.40 bits per heavy atom. The minimum atomic E-state index is -0.434. The fourth-order valence-electron chi connectivity index (χ4n) is 3.95. The van der Waals surface area contributed by atoms with E-state index in [4.69, 9.17) is 4.74 Å². The van der Waals surface area contributed by atoms with Crippen molar-refractivity contribution < 1.29 is 9.53 Å². The summed E-state index contributed by atoms with van der Waals surface area (Å²) < 4.78 is 7.63. The Kier molecular flexibility index (Phi) is 6.98. The zero-order valence-electron chi connectivity index (χ0n) is 18.7. The normalized spacial score (nSPS) is 11.0. The van der Waals surface area contributed by atoms with Gasteiger partial charge >= 0.3 is 6.09 Å². The predicted octanol–water partition coefficient (Wildman–Crippen LogP) is 5.31. The molecular weight excluding hydrogens is 376 g/mol. The summed E-state index contributed by atoms with van der Waals surface area (Å²) in [5.41, 5.74) is 6.13. The lowest BCUT2D eigenvalue weighted by Gasteiger charge is -2.23. The molecule has 0 saturated heterocycles. The van der Waals surface area contributed by atoms with Crippen LogP contribution in [0.15, 0.2) is 36.4 Å². The van der Waals surface area contributed by atoms with E-state index in [0.29, 0.717) is 6.42 Å². The quantitative estimate of drug-likeness (QED) is 0.549. The van der Waals surface area contributed by atoms with Gasteiger partial charge in [0.2, 0.25) is 0 Å². The molecule has 0 saturated carbocycles. The summed E-state index contributed by atoms with van der Waals surface area (Å²) in [7, 11) is 0. The third-order valence-corrected chi connectivity index (χ3v) is 5.48. The van der Waals surface area contributed by atoms with Gasteiger partial charge in [-0.05, 0) is 70.0 Å². The lowest BCUT2D eigenvalue weighted by Crippen LogP contribution is -2.22. The molecule has 0 unspecified atom stereocenters. The van der Waals surface area contributed by atoms with Crippen LogP contribution >= 0.6 is 0 Å². The third kappa shape index (κ3) is 4.58. The molecule has 1 heterocycles. The van der Waals surface area contributed by atoms with E-state index in [1.54, 1.807) is 0 Å². The molecule has 0 aliphatic rings. The summed E-state index contributed by atoms with van der Waals surface area (Å²) in [4.78, 5) is 19.4. The molecule has 3 aromatic rings. The van der Waals surface area contributed by atoms with Crippen molar-refractivity contribution >= 4 is 28.5 Å². The molecule has 3 rings (SSSR count). The van der Waals surface area contributed by atoms with Gasteiger partial charge in [-0.2, -0.15) is 0 Å². The largest absolute Gasteiger partial charge is 0.449 e. The van der Waals surface area contributed by atoms with Gasteiger partial charge < -0.3 is 14.2 Å². The molecule has 1 amide bonds. The number of carbonyl (C=O) groups is 1. The number of ether oxygens (including phenoxy) is 1. The number of nitrogens with zero attached hydrogens (tertiary/aromatic N) is 3. The van der Waals surface area contributed by atoms with E-state index >= 15 is 0 Å². The minimum Gasteiger partial charge on any atom is -0.449 e. The lowest BCUT2D eigenvalue weighted by molar-refractivity contribution is 0.162. The lowest BCUT2D eigenvalue weighted by atomic mass is 10.1. The first-order chi connectivity index (χ1) is 14.5. The van der Waals surface area contributed by atoms with Crippen LogP contribution in [0.1, 0.15) is 37.7 Å². The number of carbonyl (C=O) groups excluding carboxylic acids is 1. The van der Waals surface area contributed by atoms with Crippen molar-refractivity contribution in [3.8, 4) is 0 Å². The molecule has 6 heteroatoms. The Hall–Kier alpha value is -3.02. The Balaban J connectivity index is 1.63. The number of benzene rings is 2. The van der Waals surface area contributed by atoms with Crippen molar-refractivity contribution in [3.05, 3.63) is 53.3 Å². The smallest absolute Gasteiger partial charge is 0.411 e. The highest BCUT2D eigenvalue weighted by Gasteiger charge is 2.13. The molecule has 30 heavy (non-hydrogen) atoms. The van der Waals surface area contributed by atoms with Crippen LogP contribution in [0.2, 0.25) is 0 Å². The van der Waals surface area contributed by atoms with Gasteiger partial charge in [0.15, 0.2) is 0 Å². The first-order valence-corrected chi connectivity index (χ1v) is 10.7. The van der Waals surface area contributed by atoms with Crippen LogP contribution in [0.25, 0.3) is 11.0 Å². The van der Waals surface area contributed by atoms with Crippen LogP contribution in [-0.4, -0.2) is 35.3 Å². The summed E-state index contributed by atoms with van der Waals surface area (Å²) >= 11 is 0. The molecule has 0 aliphatic heterocycles. The summed E-state index contributed by atoms with van der Waals surface area (Å²) in [6.07, 6.45) is 0.144.